The summed E-state index contributed by atoms with van der Waals surface area (Å²) in [5, 5.41) is 2.49. The first-order valence-electron chi connectivity index (χ1n) is 6.29. The lowest BCUT2D eigenvalue weighted by molar-refractivity contribution is -0.152. The number of carbonyl (C=O) groups is 3. The first-order chi connectivity index (χ1) is 9.61. The van der Waals surface area contributed by atoms with Gasteiger partial charge in [-0.15, -0.1) is 0 Å². The van der Waals surface area contributed by atoms with E-state index < -0.39 is 12.0 Å². The fourth-order valence-electron chi connectivity index (χ4n) is 2.12. The Morgan fingerprint density at radius 3 is 2.70 bits per heavy atom. The molecule has 0 spiro atoms. The van der Waals surface area contributed by atoms with Gasteiger partial charge >= 0.3 is 5.97 Å². The van der Waals surface area contributed by atoms with Gasteiger partial charge in [-0.05, 0) is 5.56 Å². The van der Waals surface area contributed by atoms with Crippen molar-refractivity contribution in [3.05, 3.63) is 35.9 Å². The lowest BCUT2D eigenvalue weighted by Gasteiger charge is -2.34. The Balaban J connectivity index is 2.17. The molecule has 0 aliphatic carbocycles. The lowest BCUT2D eigenvalue weighted by Crippen LogP contribution is -2.58. The Kier molecular flexibility index (Phi) is 4.34. The highest BCUT2D eigenvalue weighted by atomic mass is 16.5. The average molecular weight is 276 g/mol. The fraction of sp³-hybridized carbons (Fsp3) is 0.357. The van der Waals surface area contributed by atoms with E-state index in [2.05, 4.69) is 10.1 Å². The van der Waals surface area contributed by atoms with Crippen LogP contribution < -0.4 is 5.32 Å². The zero-order valence-corrected chi connectivity index (χ0v) is 11.2. The smallest absolute Gasteiger partial charge is 0.308 e. The van der Waals surface area contributed by atoms with E-state index in [0.717, 1.165) is 5.56 Å². The van der Waals surface area contributed by atoms with Crippen LogP contribution in [-0.2, 0) is 25.7 Å². The van der Waals surface area contributed by atoms with Crippen molar-refractivity contribution in [1.82, 2.24) is 10.2 Å². The number of methoxy groups -OCH3 is 1. The Labute approximate surface area is 116 Å². The number of esters is 1. The second kappa shape index (κ2) is 6.18. The summed E-state index contributed by atoms with van der Waals surface area (Å²) < 4.78 is 4.58. The maximum absolute atomic E-state index is 12.0. The van der Waals surface area contributed by atoms with E-state index in [1.807, 2.05) is 30.3 Å². The third kappa shape index (κ3) is 3.14. The van der Waals surface area contributed by atoms with Crippen molar-refractivity contribution < 1.29 is 19.1 Å². The number of ether oxygens (including phenoxy) is 1. The number of benzene rings is 1. The summed E-state index contributed by atoms with van der Waals surface area (Å²) in [5.74, 6) is -1.05. The summed E-state index contributed by atoms with van der Waals surface area (Å²) in [7, 11) is 1.26. The van der Waals surface area contributed by atoms with Gasteiger partial charge in [-0.25, -0.2) is 0 Å². The van der Waals surface area contributed by atoms with Gasteiger partial charge in [0, 0.05) is 6.54 Å². The van der Waals surface area contributed by atoms with Crippen molar-refractivity contribution in [3.63, 3.8) is 0 Å². The first-order valence-corrected chi connectivity index (χ1v) is 6.29. The molecule has 0 unspecified atom stereocenters. The molecule has 6 heteroatoms. The second-order valence-electron chi connectivity index (χ2n) is 4.52. The monoisotopic (exact) mass is 276 g/mol. The largest absolute Gasteiger partial charge is 0.469 e. The molecule has 0 radical (unpaired) electrons. The number of hydrogen-bond acceptors (Lipinski definition) is 4. The topological polar surface area (TPSA) is 75.7 Å². The van der Waals surface area contributed by atoms with Crippen molar-refractivity contribution in [2.24, 2.45) is 0 Å². The molecule has 6 nitrogen and oxygen atoms in total. The molecule has 0 aromatic heterocycles. The van der Waals surface area contributed by atoms with Crippen molar-refractivity contribution in [2.75, 3.05) is 13.7 Å². The minimum absolute atomic E-state index is 0.0384. The number of carbonyl (C=O) groups excluding carboxylic acids is 3. The maximum Gasteiger partial charge on any atom is 0.308 e. The predicted molar refractivity (Wildman–Crippen MR) is 70.4 cm³/mol. The first kappa shape index (κ1) is 14.0. The molecule has 2 amide bonds. The van der Waals surface area contributed by atoms with Crippen LogP contribution in [0.2, 0.25) is 0 Å². The second-order valence-corrected chi connectivity index (χ2v) is 4.52. The zero-order valence-electron chi connectivity index (χ0n) is 11.2. The number of amides is 2. The third-order valence-electron chi connectivity index (χ3n) is 3.20. The highest BCUT2D eigenvalue weighted by molar-refractivity contribution is 5.96. The van der Waals surface area contributed by atoms with Crippen molar-refractivity contribution in [2.45, 2.75) is 19.0 Å². The Morgan fingerprint density at radius 1 is 1.35 bits per heavy atom. The zero-order chi connectivity index (χ0) is 14.5. The molecule has 1 heterocycles. The van der Waals surface area contributed by atoms with E-state index in [4.69, 9.17) is 0 Å². The number of nitrogens with zero attached hydrogens (tertiary/aromatic N) is 1. The number of hydrogen-bond donors (Lipinski definition) is 1. The fourth-order valence-corrected chi connectivity index (χ4v) is 2.12. The maximum atomic E-state index is 12.0. The van der Waals surface area contributed by atoms with E-state index in [1.54, 1.807) is 0 Å². The normalized spacial score (nSPS) is 18.6. The molecule has 20 heavy (non-hydrogen) atoms. The molecule has 106 valence electrons. The van der Waals surface area contributed by atoms with Crippen LogP contribution in [0.15, 0.2) is 30.3 Å². The highest BCUT2D eigenvalue weighted by Crippen LogP contribution is 2.15. The predicted octanol–water partition coefficient (Wildman–Crippen LogP) is 0.0767. The molecule has 1 saturated heterocycles. The van der Waals surface area contributed by atoms with Crippen LogP contribution in [0.4, 0.5) is 0 Å². The molecule has 1 aliphatic heterocycles. The van der Waals surface area contributed by atoms with Gasteiger partial charge in [0.25, 0.3) is 0 Å². The summed E-state index contributed by atoms with van der Waals surface area (Å²) in [4.78, 5) is 36.7. The van der Waals surface area contributed by atoms with Crippen molar-refractivity contribution in [3.8, 4) is 0 Å². The van der Waals surface area contributed by atoms with Crippen LogP contribution in [0.5, 0.6) is 0 Å². The summed E-state index contributed by atoms with van der Waals surface area (Å²) in [6.45, 7) is 0.262. The molecular formula is C14H16N2O4. The SMILES string of the molecule is COC(=O)C[C@@H]1C(=O)NCC(=O)N1Cc1ccccc1. The minimum Gasteiger partial charge on any atom is -0.469 e. The van der Waals surface area contributed by atoms with E-state index >= 15 is 0 Å². The van der Waals surface area contributed by atoms with E-state index in [-0.39, 0.29) is 24.8 Å². The average Bonchev–Trinajstić information content (AvgIpc) is 2.47. The van der Waals surface area contributed by atoms with Gasteiger partial charge < -0.3 is 15.0 Å². The Morgan fingerprint density at radius 2 is 2.05 bits per heavy atom. The summed E-state index contributed by atoms with van der Waals surface area (Å²) in [5.41, 5.74) is 0.908. The van der Waals surface area contributed by atoms with Gasteiger partial charge in [-0.1, -0.05) is 30.3 Å². The molecule has 1 aromatic carbocycles. The quantitative estimate of drug-likeness (QED) is 0.790. The van der Waals surface area contributed by atoms with Gasteiger partial charge in [0.15, 0.2) is 0 Å². The molecule has 0 bridgehead atoms. The van der Waals surface area contributed by atoms with Crippen molar-refractivity contribution >= 4 is 17.8 Å². The van der Waals surface area contributed by atoms with Crippen LogP contribution in [0.1, 0.15) is 12.0 Å². The van der Waals surface area contributed by atoms with Crippen LogP contribution in [0.3, 0.4) is 0 Å². The Hall–Kier alpha value is -2.37. The van der Waals surface area contributed by atoms with Gasteiger partial charge in [-0.2, -0.15) is 0 Å². The number of rotatable bonds is 4. The van der Waals surface area contributed by atoms with Crippen LogP contribution >= 0.6 is 0 Å². The van der Waals surface area contributed by atoms with E-state index in [0.29, 0.717) is 6.54 Å². The molecule has 2 rings (SSSR count). The van der Waals surface area contributed by atoms with Gasteiger partial charge in [0.1, 0.15) is 6.04 Å². The molecule has 1 N–H and O–H groups in total. The number of nitrogens with one attached hydrogen (secondary N) is 1. The molecule has 0 saturated carbocycles. The number of piperazine rings is 1. The van der Waals surface area contributed by atoms with Crippen LogP contribution in [0.25, 0.3) is 0 Å². The summed E-state index contributed by atoms with van der Waals surface area (Å²) in [6.07, 6.45) is -0.138. The van der Waals surface area contributed by atoms with Gasteiger partial charge in [0.05, 0.1) is 20.1 Å². The summed E-state index contributed by atoms with van der Waals surface area (Å²) in [6, 6.07) is 8.52. The van der Waals surface area contributed by atoms with Crippen LogP contribution in [0, 0.1) is 0 Å². The van der Waals surface area contributed by atoms with Gasteiger partial charge in [-0.3, -0.25) is 14.4 Å². The molecule has 1 fully saturated rings. The molecule has 1 aliphatic rings. The van der Waals surface area contributed by atoms with E-state index in [9.17, 15) is 14.4 Å². The van der Waals surface area contributed by atoms with Crippen LogP contribution in [-0.4, -0.2) is 42.4 Å². The minimum atomic E-state index is -0.816. The van der Waals surface area contributed by atoms with Gasteiger partial charge in [0.2, 0.25) is 11.8 Å². The molecule has 1 aromatic rings. The standard InChI is InChI=1S/C14H16N2O4/c1-20-13(18)7-11-14(19)15-8-12(17)16(11)9-10-5-3-2-4-6-10/h2-6,11H,7-9H2,1H3,(H,15,19)/t11-/m1/s1. The summed E-state index contributed by atoms with van der Waals surface area (Å²) >= 11 is 0. The third-order valence-corrected chi connectivity index (χ3v) is 3.20. The Bertz CT molecular complexity index is 515. The van der Waals surface area contributed by atoms with Crippen molar-refractivity contribution in [1.29, 1.82) is 0 Å². The highest BCUT2D eigenvalue weighted by Gasteiger charge is 2.36. The lowest BCUT2D eigenvalue weighted by atomic mass is 10.1. The molecule has 1 atom stereocenters. The van der Waals surface area contributed by atoms with E-state index in [1.165, 1.54) is 12.0 Å². The molecular weight excluding hydrogens is 260 g/mol.